The molecule has 0 amide bonds. The van der Waals surface area contributed by atoms with Gasteiger partial charge >= 0.3 is 0 Å². The number of benzene rings is 1. The van der Waals surface area contributed by atoms with Crippen molar-refractivity contribution in [2.45, 2.75) is 24.8 Å². The lowest BCUT2D eigenvalue weighted by Gasteiger charge is -2.12. The van der Waals surface area contributed by atoms with E-state index in [0.717, 1.165) is 11.1 Å². The second-order valence-electron chi connectivity index (χ2n) is 4.89. The summed E-state index contributed by atoms with van der Waals surface area (Å²) in [4.78, 5) is 4.41. The molecule has 0 aliphatic rings. The smallest absolute Gasteiger partial charge is 0.180 e. The van der Waals surface area contributed by atoms with Gasteiger partial charge in [0.05, 0.1) is 22.4 Å². The first kappa shape index (κ1) is 14.7. The van der Waals surface area contributed by atoms with Crippen molar-refractivity contribution in [2.75, 3.05) is 5.75 Å². The highest BCUT2D eigenvalue weighted by Crippen LogP contribution is 2.19. The fraction of sp³-hybridized carbons (Fsp3) is 0.267. The summed E-state index contributed by atoms with van der Waals surface area (Å²) in [5.41, 5.74) is 8.55. The fourth-order valence-corrected chi connectivity index (χ4v) is 3.39. The molecule has 106 valence electrons. The molecule has 0 spiro atoms. The zero-order valence-electron chi connectivity index (χ0n) is 11.6. The molecule has 0 aliphatic heterocycles. The summed E-state index contributed by atoms with van der Waals surface area (Å²) < 4.78 is 24.7. The van der Waals surface area contributed by atoms with E-state index in [2.05, 4.69) is 4.98 Å². The Morgan fingerprint density at radius 2 is 1.90 bits per heavy atom. The van der Waals surface area contributed by atoms with E-state index < -0.39 is 15.9 Å². The summed E-state index contributed by atoms with van der Waals surface area (Å²) in [7, 11) is -3.41. The number of sulfone groups is 1. The number of nitrogens with two attached hydrogens (primary N) is 1. The third-order valence-corrected chi connectivity index (χ3v) is 5.07. The van der Waals surface area contributed by atoms with Crippen molar-refractivity contribution in [3.63, 3.8) is 0 Å². The first-order valence-corrected chi connectivity index (χ1v) is 8.02. The first-order valence-electron chi connectivity index (χ1n) is 6.36. The molecule has 20 heavy (non-hydrogen) atoms. The largest absolute Gasteiger partial charge is 0.322 e. The quantitative estimate of drug-likeness (QED) is 0.936. The molecule has 1 aromatic heterocycles. The number of hydrogen-bond acceptors (Lipinski definition) is 4. The maximum atomic E-state index is 12.4. The highest BCUT2D eigenvalue weighted by molar-refractivity contribution is 7.91. The van der Waals surface area contributed by atoms with Crippen LogP contribution in [0.4, 0.5) is 0 Å². The third kappa shape index (κ3) is 3.23. The second-order valence-corrected chi connectivity index (χ2v) is 6.92. The molecular weight excluding hydrogens is 272 g/mol. The lowest BCUT2D eigenvalue weighted by atomic mass is 10.1. The van der Waals surface area contributed by atoms with Gasteiger partial charge in [-0.2, -0.15) is 0 Å². The lowest BCUT2D eigenvalue weighted by Crippen LogP contribution is -2.22. The molecule has 4 nitrogen and oxygen atoms in total. The van der Waals surface area contributed by atoms with Crippen LogP contribution in [0.25, 0.3) is 0 Å². The topological polar surface area (TPSA) is 73.0 Å². The monoisotopic (exact) mass is 290 g/mol. The number of hydrogen-bond donors (Lipinski definition) is 1. The van der Waals surface area contributed by atoms with Gasteiger partial charge in [-0.3, -0.25) is 4.98 Å². The fourth-order valence-electron chi connectivity index (χ4n) is 1.92. The number of aromatic nitrogens is 1. The molecule has 2 N–H and O–H groups in total. The zero-order valence-corrected chi connectivity index (χ0v) is 12.4. The molecule has 1 unspecified atom stereocenters. The number of aryl methyl sites for hydroxylation is 2. The highest BCUT2D eigenvalue weighted by Gasteiger charge is 2.21. The molecule has 1 aromatic carbocycles. The normalized spacial score (nSPS) is 13.2. The molecule has 0 radical (unpaired) electrons. The Hall–Kier alpha value is -1.72. The molecule has 0 aliphatic carbocycles. The van der Waals surface area contributed by atoms with Gasteiger partial charge in [0.15, 0.2) is 9.84 Å². The van der Waals surface area contributed by atoms with E-state index in [9.17, 15) is 8.42 Å². The van der Waals surface area contributed by atoms with Crippen LogP contribution in [0.15, 0.2) is 47.5 Å². The molecule has 1 atom stereocenters. The molecular formula is C15H18N2O2S. The standard InChI is InChI=1S/C15H18N2O2S/c1-11-6-7-13(9-12(11)2)20(18,19)10-14(16)15-5-3-4-8-17-15/h3-9,14H,10,16H2,1-2H3. The summed E-state index contributed by atoms with van der Waals surface area (Å²) >= 11 is 0. The van der Waals surface area contributed by atoms with Crippen LogP contribution in [0.2, 0.25) is 0 Å². The second kappa shape index (κ2) is 5.73. The van der Waals surface area contributed by atoms with Gasteiger partial charge in [-0.05, 0) is 49.2 Å². The third-order valence-electron chi connectivity index (χ3n) is 3.30. The van der Waals surface area contributed by atoms with Crippen LogP contribution >= 0.6 is 0 Å². The van der Waals surface area contributed by atoms with E-state index in [-0.39, 0.29) is 5.75 Å². The van der Waals surface area contributed by atoms with Crippen LogP contribution in [-0.2, 0) is 9.84 Å². The van der Waals surface area contributed by atoms with Gasteiger partial charge < -0.3 is 5.73 Å². The van der Waals surface area contributed by atoms with Crippen LogP contribution in [-0.4, -0.2) is 19.2 Å². The highest BCUT2D eigenvalue weighted by atomic mass is 32.2. The Morgan fingerprint density at radius 3 is 2.50 bits per heavy atom. The van der Waals surface area contributed by atoms with Crippen molar-refractivity contribution >= 4 is 9.84 Å². The van der Waals surface area contributed by atoms with E-state index in [1.807, 2.05) is 19.9 Å². The van der Waals surface area contributed by atoms with Gasteiger partial charge in [0.1, 0.15) is 0 Å². The SMILES string of the molecule is Cc1ccc(S(=O)(=O)CC(N)c2ccccn2)cc1C. The van der Waals surface area contributed by atoms with Crippen LogP contribution in [0.5, 0.6) is 0 Å². The van der Waals surface area contributed by atoms with Gasteiger partial charge in [-0.15, -0.1) is 0 Å². The molecule has 0 saturated heterocycles. The van der Waals surface area contributed by atoms with Crippen LogP contribution in [0.1, 0.15) is 22.9 Å². The Labute approximate surface area is 119 Å². The van der Waals surface area contributed by atoms with Gasteiger partial charge in [0, 0.05) is 6.20 Å². The van der Waals surface area contributed by atoms with Crippen molar-refractivity contribution in [3.8, 4) is 0 Å². The van der Waals surface area contributed by atoms with Crippen LogP contribution < -0.4 is 5.73 Å². The van der Waals surface area contributed by atoms with E-state index in [1.165, 1.54) is 0 Å². The minimum atomic E-state index is -3.41. The van der Waals surface area contributed by atoms with Gasteiger partial charge in [-0.1, -0.05) is 12.1 Å². The Morgan fingerprint density at radius 1 is 1.15 bits per heavy atom. The van der Waals surface area contributed by atoms with E-state index >= 15 is 0 Å². The van der Waals surface area contributed by atoms with Crippen LogP contribution in [0, 0.1) is 13.8 Å². The molecule has 2 rings (SSSR count). The molecule has 2 aromatic rings. The maximum Gasteiger partial charge on any atom is 0.180 e. The van der Waals surface area contributed by atoms with Gasteiger partial charge in [-0.25, -0.2) is 8.42 Å². The molecule has 0 fully saturated rings. The predicted molar refractivity (Wildman–Crippen MR) is 79.1 cm³/mol. The minimum Gasteiger partial charge on any atom is -0.322 e. The van der Waals surface area contributed by atoms with Crippen LogP contribution in [0.3, 0.4) is 0 Å². The van der Waals surface area contributed by atoms with Crippen molar-refractivity contribution in [2.24, 2.45) is 5.73 Å². The summed E-state index contributed by atoms with van der Waals surface area (Å²) in [5, 5.41) is 0. The summed E-state index contributed by atoms with van der Waals surface area (Å²) in [6.45, 7) is 3.85. The Bertz CT molecular complexity index is 697. The number of pyridine rings is 1. The first-order chi connectivity index (χ1) is 9.40. The van der Waals surface area contributed by atoms with E-state index in [4.69, 9.17) is 5.73 Å². The van der Waals surface area contributed by atoms with Crippen molar-refractivity contribution in [1.29, 1.82) is 0 Å². The predicted octanol–water partition coefficient (Wildman–Crippen LogP) is 2.17. The summed E-state index contributed by atoms with van der Waals surface area (Å²) in [5.74, 6) is -0.146. The molecule has 0 saturated carbocycles. The molecule has 1 heterocycles. The Balaban J connectivity index is 2.25. The van der Waals surface area contributed by atoms with E-state index in [1.54, 1.807) is 36.5 Å². The van der Waals surface area contributed by atoms with Gasteiger partial charge in [0.25, 0.3) is 0 Å². The molecule has 5 heteroatoms. The van der Waals surface area contributed by atoms with Gasteiger partial charge in [0.2, 0.25) is 0 Å². The van der Waals surface area contributed by atoms with Crippen molar-refractivity contribution in [3.05, 3.63) is 59.4 Å². The zero-order chi connectivity index (χ0) is 14.8. The maximum absolute atomic E-state index is 12.4. The van der Waals surface area contributed by atoms with Crippen molar-refractivity contribution in [1.82, 2.24) is 4.98 Å². The Kier molecular flexibility index (Phi) is 4.20. The number of rotatable bonds is 4. The van der Waals surface area contributed by atoms with E-state index in [0.29, 0.717) is 10.6 Å². The lowest BCUT2D eigenvalue weighted by molar-refractivity contribution is 0.587. The summed E-state index contributed by atoms with van der Waals surface area (Å²) in [6, 6.07) is 9.81. The number of nitrogens with zero attached hydrogens (tertiary/aromatic N) is 1. The average Bonchev–Trinajstić information content (AvgIpc) is 2.42. The average molecular weight is 290 g/mol. The minimum absolute atomic E-state index is 0.146. The molecule has 0 bridgehead atoms. The summed E-state index contributed by atoms with van der Waals surface area (Å²) in [6.07, 6.45) is 1.61. The van der Waals surface area contributed by atoms with Crippen molar-refractivity contribution < 1.29 is 8.42 Å².